The van der Waals surface area contributed by atoms with Crippen LogP contribution in [0.3, 0.4) is 0 Å². The molecule has 0 aromatic heterocycles. The largest absolute Gasteiger partial charge is 0.480 e. The Kier molecular flexibility index (Phi) is 14.0. The summed E-state index contributed by atoms with van der Waals surface area (Å²) in [5, 5.41) is 26.0. The van der Waals surface area contributed by atoms with Crippen molar-refractivity contribution < 1.29 is 29.4 Å². The highest BCUT2D eigenvalue weighted by Gasteiger charge is 2.31. The Morgan fingerprint density at radius 2 is 1.55 bits per heavy atom. The molecule has 0 saturated heterocycles. The average molecular weight is 436 g/mol. The second kappa shape index (κ2) is 15.0. The minimum Gasteiger partial charge on any atom is -0.480 e. The van der Waals surface area contributed by atoms with Crippen LogP contribution >= 0.6 is 11.8 Å². The Balaban J connectivity index is 5.28. The lowest BCUT2D eigenvalue weighted by Crippen LogP contribution is -2.57. The van der Waals surface area contributed by atoms with Gasteiger partial charge < -0.3 is 37.6 Å². The summed E-state index contributed by atoms with van der Waals surface area (Å²) in [4.78, 5) is 48.0. The zero-order chi connectivity index (χ0) is 22.4. The number of carbonyl (C=O) groups is 4. The van der Waals surface area contributed by atoms with Crippen LogP contribution in [0.5, 0.6) is 0 Å². The summed E-state index contributed by atoms with van der Waals surface area (Å²) in [6, 6.07) is -3.43. The van der Waals surface area contributed by atoms with Gasteiger partial charge in [-0.2, -0.15) is 11.8 Å². The van der Waals surface area contributed by atoms with E-state index in [2.05, 4.69) is 16.0 Å². The number of aliphatic hydroxyl groups is 1. The van der Waals surface area contributed by atoms with Crippen molar-refractivity contribution in [3.63, 3.8) is 0 Å². The molecule has 3 amide bonds. The van der Waals surface area contributed by atoms with Gasteiger partial charge in [0.15, 0.2) is 6.04 Å². The summed E-state index contributed by atoms with van der Waals surface area (Å²) in [6.07, 6.45) is 2.21. The third kappa shape index (κ3) is 11.0. The number of nitrogens with one attached hydrogen (secondary N) is 3. The first-order valence-electron chi connectivity index (χ1n) is 9.37. The number of carboxylic acid groups (broad SMARTS) is 1. The second-order valence-corrected chi connectivity index (χ2v) is 7.50. The van der Waals surface area contributed by atoms with E-state index in [4.69, 9.17) is 16.6 Å². The molecule has 0 bridgehead atoms. The first-order valence-corrected chi connectivity index (χ1v) is 10.8. The first kappa shape index (κ1) is 27.1. The number of rotatable bonds is 15. The van der Waals surface area contributed by atoms with Gasteiger partial charge >= 0.3 is 5.97 Å². The molecule has 0 aromatic rings. The van der Waals surface area contributed by atoms with Gasteiger partial charge in [-0.15, -0.1) is 0 Å². The third-order valence-corrected chi connectivity index (χ3v) is 4.72. The SMILES string of the molecule is CSCCC(NC(=O)CN)C(=O)NC(CCCCN)C(=O)NC(C(=O)O)C(C)O. The maximum Gasteiger partial charge on any atom is 0.328 e. The van der Waals surface area contributed by atoms with Crippen molar-refractivity contribution in [1.82, 2.24) is 16.0 Å². The lowest BCUT2D eigenvalue weighted by molar-refractivity contribution is -0.145. The number of amides is 3. The molecule has 0 radical (unpaired) electrons. The maximum atomic E-state index is 12.7. The van der Waals surface area contributed by atoms with Crippen molar-refractivity contribution in [2.24, 2.45) is 11.5 Å². The van der Waals surface area contributed by atoms with E-state index in [0.717, 1.165) is 0 Å². The van der Waals surface area contributed by atoms with Crippen LogP contribution in [0.4, 0.5) is 0 Å². The van der Waals surface area contributed by atoms with E-state index in [1.807, 2.05) is 6.26 Å². The van der Waals surface area contributed by atoms with Gasteiger partial charge in [0.1, 0.15) is 12.1 Å². The number of hydrogen-bond donors (Lipinski definition) is 7. The van der Waals surface area contributed by atoms with Crippen LogP contribution in [-0.4, -0.2) is 83.2 Å². The van der Waals surface area contributed by atoms with E-state index in [0.29, 0.717) is 31.6 Å². The minimum atomic E-state index is -1.51. The van der Waals surface area contributed by atoms with Crippen molar-refractivity contribution in [3.8, 4) is 0 Å². The zero-order valence-electron chi connectivity index (χ0n) is 16.8. The van der Waals surface area contributed by atoms with Crippen LogP contribution in [0.2, 0.25) is 0 Å². The molecule has 0 saturated carbocycles. The standard InChI is InChI=1S/C17H33N5O6S/c1-10(23)14(17(27)28)22-16(26)11(5-3-4-7-18)21-15(25)12(6-8-29-2)20-13(24)9-19/h10-12,14,23H,3-9,18-19H2,1-2H3,(H,20,24)(H,21,25)(H,22,26)(H,27,28). The molecule has 168 valence electrons. The highest BCUT2D eigenvalue weighted by atomic mass is 32.2. The Labute approximate surface area is 174 Å². The molecule has 0 aromatic carbocycles. The molecule has 4 atom stereocenters. The van der Waals surface area contributed by atoms with Crippen LogP contribution in [0.15, 0.2) is 0 Å². The van der Waals surface area contributed by atoms with Crippen LogP contribution in [-0.2, 0) is 19.2 Å². The lowest BCUT2D eigenvalue weighted by Gasteiger charge is -2.25. The first-order chi connectivity index (χ1) is 13.7. The van der Waals surface area contributed by atoms with Gasteiger partial charge in [-0.25, -0.2) is 4.79 Å². The van der Waals surface area contributed by atoms with Gasteiger partial charge in [0.25, 0.3) is 0 Å². The zero-order valence-corrected chi connectivity index (χ0v) is 17.7. The molecule has 0 fully saturated rings. The van der Waals surface area contributed by atoms with Gasteiger partial charge in [-0.3, -0.25) is 14.4 Å². The maximum absolute atomic E-state index is 12.7. The van der Waals surface area contributed by atoms with Gasteiger partial charge in [-0.05, 0) is 51.2 Å². The monoisotopic (exact) mass is 435 g/mol. The molecule has 12 heteroatoms. The van der Waals surface area contributed by atoms with E-state index in [1.165, 1.54) is 18.7 Å². The molecular weight excluding hydrogens is 402 g/mol. The summed E-state index contributed by atoms with van der Waals surface area (Å²) < 4.78 is 0. The number of unbranched alkanes of at least 4 members (excludes halogenated alkanes) is 1. The fraction of sp³-hybridized carbons (Fsp3) is 0.765. The van der Waals surface area contributed by atoms with E-state index in [-0.39, 0.29) is 13.0 Å². The fourth-order valence-electron chi connectivity index (χ4n) is 2.43. The summed E-state index contributed by atoms with van der Waals surface area (Å²) in [6.45, 7) is 1.36. The Hall–Kier alpha value is -1.89. The van der Waals surface area contributed by atoms with Crippen molar-refractivity contribution in [2.45, 2.75) is 56.8 Å². The molecular formula is C17H33N5O6S. The number of carbonyl (C=O) groups excluding carboxylic acids is 3. The smallest absolute Gasteiger partial charge is 0.328 e. The van der Waals surface area contributed by atoms with Crippen molar-refractivity contribution in [2.75, 3.05) is 25.1 Å². The summed E-state index contributed by atoms with van der Waals surface area (Å²) in [5.41, 5.74) is 10.8. The van der Waals surface area contributed by atoms with Crippen molar-refractivity contribution in [1.29, 1.82) is 0 Å². The van der Waals surface area contributed by atoms with E-state index in [1.54, 1.807) is 0 Å². The van der Waals surface area contributed by atoms with E-state index < -0.39 is 47.9 Å². The molecule has 0 heterocycles. The Bertz CT molecular complexity index is 548. The molecule has 0 spiro atoms. The van der Waals surface area contributed by atoms with E-state index >= 15 is 0 Å². The molecule has 0 rings (SSSR count). The van der Waals surface area contributed by atoms with Crippen LogP contribution in [0.25, 0.3) is 0 Å². The number of nitrogens with two attached hydrogens (primary N) is 2. The second-order valence-electron chi connectivity index (χ2n) is 6.52. The average Bonchev–Trinajstić information content (AvgIpc) is 2.67. The van der Waals surface area contributed by atoms with Crippen LogP contribution < -0.4 is 27.4 Å². The molecule has 0 aliphatic rings. The topological polar surface area (TPSA) is 197 Å². The van der Waals surface area contributed by atoms with Crippen LogP contribution in [0.1, 0.15) is 32.6 Å². The molecule has 4 unspecified atom stereocenters. The van der Waals surface area contributed by atoms with Gasteiger partial charge in [0.05, 0.1) is 12.6 Å². The van der Waals surface area contributed by atoms with Crippen LogP contribution in [0, 0.1) is 0 Å². The number of carboxylic acids is 1. The predicted molar refractivity (Wildman–Crippen MR) is 110 cm³/mol. The number of thioether (sulfide) groups is 1. The quantitative estimate of drug-likeness (QED) is 0.139. The Morgan fingerprint density at radius 3 is 2.03 bits per heavy atom. The summed E-state index contributed by atoms with van der Waals surface area (Å²) in [5.74, 6) is -2.62. The highest BCUT2D eigenvalue weighted by Crippen LogP contribution is 2.06. The van der Waals surface area contributed by atoms with Crippen molar-refractivity contribution in [3.05, 3.63) is 0 Å². The predicted octanol–water partition coefficient (Wildman–Crippen LogP) is -2.25. The number of hydrogen-bond acceptors (Lipinski definition) is 8. The minimum absolute atomic E-state index is 0.223. The van der Waals surface area contributed by atoms with Crippen molar-refractivity contribution >= 4 is 35.5 Å². The lowest BCUT2D eigenvalue weighted by atomic mass is 10.1. The fourth-order valence-corrected chi connectivity index (χ4v) is 2.91. The number of aliphatic carboxylic acids is 1. The normalized spacial score (nSPS) is 14.9. The molecule has 9 N–H and O–H groups in total. The highest BCUT2D eigenvalue weighted by molar-refractivity contribution is 7.98. The van der Waals surface area contributed by atoms with Gasteiger partial charge in [0.2, 0.25) is 17.7 Å². The van der Waals surface area contributed by atoms with Gasteiger partial charge in [-0.1, -0.05) is 0 Å². The van der Waals surface area contributed by atoms with E-state index in [9.17, 15) is 24.3 Å². The summed E-state index contributed by atoms with van der Waals surface area (Å²) >= 11 is 1.49. The summed E-state index contributed by atoms with van der Waals surface area (Å²) in [7, 11) is 0. The molecule has 11 nitrogen and oxygen atoms in total. The number of aliphatic hydroxyl groups excluding tert-OH is 1. The molecule has 0 aliphatic carbocycles. The van der Waals surface area contributed by atoms with Gasteiger partial charge in [0, 0.05) is 0 Å². The molecule has 0 aliphatic heterocycles. The Morgan fingerprint density at radius 1 is 0.966 bits per heavy atom. The third-order valence-electron chi connectivity index (χ3n) is 4.07. The molecule has 29 heavy (non-hydrogen) atoms.